The van der Waals surface area contributed by atoms with Gasteiger partial charge in [0, 0.05) is 0 Å². The van der Waals surface area contributed by atoms with Crippen LogP contribution in [-0.4, -0.2) is 164 Å². The van der Waals surface area contributed by atoms with Gasteiger partial charge in [-0.25, -0.2) is 43.6 Å². The molecule has 0 aromatic carbocycles. The minimum absolute atomic E-state index is 0.218. The van der Waals surface area contributed by atoms with Crippen LogP contribution in [0.3, 0.4) is 0 Å². The number of anilines is 2. The predicted molar refractivity (Wildman–Crippen MR) is 168 cm³/mol. The average Bonchev–Trinajstić information content (AvgIpc) is 3.77. The van der Waals surface area contributed by atoms with Gasteiger partial charge in [-0.05, 0) is 0 Å². The molecule has 33 heteroatoms. The third kappa shape index (κ3) is 14.1. The summed E-state index contributed by atoms with van der Waals surface area (Å²) in [5.41, 5.74) is 12.9. The van der Waals surface area contributed by atoms with Gasteiger partial charge in [0.15, 0.2) is 35.4 Å². The number of aromatic nitrogens is 8. The minimum atomic E-state index is -4.64. The molecule has 0 bridgehead atoms. The maximum atomic E-state index is 9.95. The highest BCUT2D eigenvalue weighted by atomic mass is 31.2. The number of nitrogens with two attached hydrogens (primary N) is 2. The number of aliphatic hydroxyl groups excluding tert-OH is 6. The Kier molecular flexibility index (Phi) is 16.3. The first-order valence-corrected chi connectivity index (χ1v) is 18.4. The predicted octanol–water partition coefficient (Wildman–Crippen LogP) is -6.75. The van der Waals surface area contributed by atoms with E-state index in [1.807, 2.05) is 0 Å². The lowest BCUT2D eigenvalue weighted by molar-refractivity contribution is -0.0511. The zero-order valence-corrected chi connectivity index (χ0v) is 28.8. The lowest BCUT2D eigenvalue weighted by atomic mass is 10.1. The molecule has 0 radical (unpaired) electrons. The molecule has 19 N–H and O–H groups in total. The summed E-state index contributed by atoms with van der Waals surface area (Å²) < 4.78 is 40.4. The third-order valence-electron chi connectivity index (χ3n) is 6.36. The van der Waals surface area contributed by atoms with Gasteiger partial charge in [0.05, 0.1) is 25.9 Å². The van der Waals surface area contributed by atoms with Crippen LogP contribution in [0.5, 0.6) is 0 Å². The lowest BCUT2D eigenvalue weighted by Crippen LogP contribution is -2.33. The van der Waals surface area contributed by atoms with Crippen LogP contribution in [-0.2, 0) is 23.2 Å². The zero-order chi connectivity index (χ0) is 40.6. The van der Waals surface area contributed by atoms with Crippen LogP contribution in [0, 0.1) is 0 Å². The normalized spacial score (nSPS) is 25.6. The molecule has 0 saturated carbocycles. The molecule has 6 heterocycles. The Labute approximate surface area is 293 Å². The molecule has 0 unspecified atom stereocenters. The second-order valence-electron chi connectivity index (χ2n) is 10.2. The summed E-state index contributed by atoms with van der Waals surface area (Å²) in [5.74, 6) is 0.436. The van der Waals surface area contributed by atoms with E-state index >= 15 is 0 Å². The van der Waals surface area contributed by atoms with Crippen LogP contribution in [0.1, 0.15) is 12.5 Å². The molecule has 53 heavy (non-hydrogen) atoms. The third-order valence-corrected chi connectivity index (χ3v) is 6.36. The molecule has 0 amide bonds. The van der Waals surface area contributed by atoms with Crippen molar-refractivity contribution in [2.45, 2.75) is 49.1 Å². The van der Waals surface area contributed by atoms with Crippen molar-refractivity contribution in [2.24, 2.45) is 0 Å². The molecule has 0 aliphatic carbocycles. The Balaban J connectivity index is 0.000000267. The SMILES string of the molecule is Nc1ncnc2c1ncn2[C@@H]1O[C@H](CO)[C@@H](O)[C@H]1O.Nc1ncnc2c1ncn2[C@@H]1O[C@H](CO)[C@@H](O)[C@H]1O.O=P(O)(O)O.O=P(O)(O)O.O=P(O)(O)O. The fraction of sp³-hybridized carbons (Fsp3) is 0.500. The highest BCUT2D eigenvalue weighted by Gasteiger charge is 2.45. The summed E-state index contributed by atoms with van der Waals surface area (Å²) in [6.45, 7) is -0.781. The van der Waals surface area contributed by atoms with E-state index in [0.29, 0.717) is 22.3 Å². The van der Waals surface area contributed by atoms with Crippen LogP contribution in [0.15, 0.2) is 25.3 Å². The van der Waals surface area contributed by atoms with Gasteiger partial charge < -0.3 is 95.6 Å². The standard InChI is InChI=1S/2C10H13N5O4.3H3O4P/c2*11-8-5-9(13-2-12-8)15(3-14-5)10-7(18)6(17)4(1-16)19-10;3*1-5(2,3)4/h2*2-4,6-7,10,16-18H,1H2,(H2,11,12,13);3*(H3,1,2,3,4)/t2*4-,6-,7-,10-;;;/m11.../s1. The first-order chi connectivity index (χ1) is 24.3. The van der Waals surface area contributed by atoms with E-state index in [0.717, 1.165) is 0 Å². The van der Waals surface area contributed by atoms with Gasteiger partial charge in [-0.2, -0.15) is 0 Å². The summed E-state index contributed by atoms with van der Waals surface area (Å²) >= 11 is 0. The van der Waals surface area contributed by atoms with Gasteiger partial charge >= 0.3 is 23.5 Å². The maximum Gasteiger partial charge on any atom is 0.466 e. The van der Waals surface area contributed by atoms with Crippen molar-refractivity contribution in [3.63, 3.8) is 0 Å². The average molecular weight is 828 g/mol. The smallest absolute Gasteiger partial charge is 0.394 e. The van der Waals surface area contributed by atoms with Crippen molar-refractivity contribution in [1.29, 1.82) is 0 Å². The van der Waals surface area contributed by atoms with Crippen LogP contribution in [0.2, 0.25) is 0 Å². The molecule has 4 aromatic rings. The maximum absolute atomic E-state index is 9.95. The Morgan fingerprint density at radius 3 is 1.08 bits per heavy atom. The molecule has 300 valence electrons. The molecule has 2 fully saturated rings. The van der Waals surface area contributed by atoms with Gasteiger partial charge in [-0.3, -0.25) is 9.13 Å². The van der Waals surface area contributed by atoms with Gasteiger partial charge in [-0.1, -0.05) is 0 Å². The highest BCUT2D eigenvalue weighted by Crippen LogP contribution is 2.33. The van der Waals surface area contributed by atoms with E-state index in [9.17, 15) is 20.4 Å². The van der Waals surface area contributed by atoms with Crippen molar-refractivity contribution in [3.05, 3.63) is 25.3 Å². The minimum Gasteiger partial charge on any atom is -0.394 e. The summed E-state index contributed by atoms with van der Waals surface area (Å²) in [6, 6.07) is 0. The van der Waals surface area contributed by atoms with Crippen molar-refractivity contribution >= 4 is 57.4 Å². The topological polar surface area (TPSA) is 512 Å². The lowest BCUT2D eigenvalue weighted by Gasteiger charge is -2.16. The quantitative estimate of drug-likeness (QED) is 0.0850. The molecule has 8 atom stereocenters. The van der Waals surface area contributed by atoms with E-state index in [1.165, 1.54) is 34.4 Å². The largest absolute Gasteiger partial charge is 0.466 e. The van der Waals surface area contributed by atoms with Crippen molar-refractivity contribution < 1.29 is 97.8 Å². The number of ether oxygens (including phenoxy) is 2. The van der Waals surface area contributed by atoms with Crippen LogP contribution in [0.4, 0.5) is 11.6 Å². The summed E-state index contributed by atoms with van der Waals surface area (Å²) in [5, 5.41) is 57.5. The van der Waals surface area contributed by atoms with Gasteiger partial charge in [0.1, 0.15) is 60.3 Å². The van der Waals surface area contributed by atoms with E-state index in [4.69, 9.17) is 88.9 Å². The number of phosphoric acid groups is 3. The first-order valence-electron chi connectivity index (χ1n) is 13.7. The highest BCUT2D eigenvalue weighted by molar-refractivity contribution is 7.45. The fourth-order valence-corrected chi connectivity index (χ4v) is 4.33. The monoisotopic (exact) mass is 828 g/mol. The summed E-state index contributed by atoms with van der Waals surface area (Å²) in [7, 11) is -13.9. The Bertz CT molecular complexity index is 1740. The van der Waals surface area contributed by atoms with Crippen LogP contribution in [0.25, 0.3) is 22.3 Å². The molecule has 4 aromatic heterocycles. The molecular formula is C20H35N10O20P3. The molecule has 30 nitrogen and oxygen atoms in total. The number of imidazole rings is 2. The van der Waals surface area contributed by atoms with Gasteiger partial charge in [-0.15, -0.1) is 0 Å². The number of nitrogen functional groups attached to an aromatic ring is 2. The first kappa shape index (κ1) is 45.9. The number of aliphatic hydroxyl groups is 6. The molecular weight excluding hydrogens is 793 g/mol. The summed E-state index contributed by atoms with van der Waals surface area (Å²) in [6.07, 6.45) is -2.85. The van der Waals surface area contributed by atoms with E-state index < -0.39 is 85.8 Å². The van der Waals surface area contributed by atoms with Gasteiger partial charge in [0.25, 0.3) is 0 Å². The Hall–Kier alpha value is -3.29. The van der Waals surface area contributed by atoms with Crippen molar-refractivity contribution in [3.8, 4) is 0 Å². The van der Waals surface area contributed by atoms with Crippen LogP contribution >= 0.6 is 23.5 Å². The fourth-order valence-electron chi connectivity index (χ4n) is 4.33. The van der Waals surface area contributed by atoms with E-state index in [2.05, 4.69) is 29.9 Å². The Morgan fingerprint density at radius 2 is 0.830 bits per heavy atom. The number of hydrogen-bond donors (Lipinski definition) is 17. The summed E-state index contributed by atoms with van der Waals surface area (Å²) in [4.78, 5) is 88.5. The zero-order valence-electron chi connectivity index (χ0n) is 26.2. The number of hydrogen-bond acceptors (Lipinski definition) is 19. The van der Waals surface area contributed by atoms with Crippen molar-refractivity contribution in [1.82, 2.24) is 39.0 Å². The van der Waals surface area contributed by atoms with Crippen molar-refractivity contribution in [2.75, 3.05) is 24.7 Å². The number of fused-ring (bicyclic) bond motifs is 2. The van der Waals surface area contributed by atoms with Crippen LogP contribution < -0.4 is 11.5 Å². The molecule has 2 aliphatic rings. The number of rotatable bonds is 4. The van der Waals surface area contributed by atoms with Gasteiger partial charge in [0.2, 0.25) is 0 Å². The molecule has 6 rings (SSSR count). The Morgan fingerprint density at radius 1 is 0.547 bits per heavy atom. The molecule has 2 saturated heterocycles. The van der Waals surface area contributed by atoms with E-state index in [-0.39, 0.29) is 11.6 Å². The second-order valence-corrected chi connectivity index (χ2v) is 13.2. The molecule has 2 aliphatic heterocycles. The molecule has 0 spiro atoms. The second kappa shape index (κ2) is 18.8. The van der Waals surface area contributed by atoms with E-state index in [1.54, 1.807) is 0 Å². The number of nitrogens with zero attached hydrogens (tertiary/aromatic N) is 8.